The highest BCUT2D eigenvalue weighted by atomic mass is 16.2. The van der Waals surface area contributed by atoms with Crippen LogP contribution in [0.4, 0.5) is 0 Å². The van der Waals surface area contributed by atoms with Crippen LogP contribution in [0.3, 0.4) is 0 Å². The molecule has 3 fully saturated rings. The fraction of sp³-hybridized carbons (Fsp3) is 0.655. The molecule has 6 heteroatoms. The lowest BCUT2D eigenvalue weighted by Gasteiger charge is -2.35. The molecule has 0 spiro atoms. The molecule has 0 aromatic carbocycles. The molecule has 2 heterocycles. The van der Waals surface area contributed by atoms with Gasteiger partial charge in [-0.15, -0.1) is 0 Å². The van der Waals surface area contributed by atoms with Gasteiger partial charge in [-0.25, -0.2) is 0 Å². The Morgan fingerprint density at radius 1 is 0.943 bits per heavy atom. The van der Waals surface area contributed by atoms with Crippen LogP contribution in [0.5, 0.6) is 0 Å². The summed E-state index contributed by atoms with van der Waals surface area (Å²) in [6.07, 6.45) is 17.2. The van der Waals surface area contributed by atoms with E-state index in [1.54, 1.807) is 6.08 Å². The summed E-state index contributed by atoms with van der Waals surface area (Å²) in [5, 5.41) is 5.56. The van der Waals surface area contributed by atoms with Crippen molar-refractivity contribution < 1.29 is 19.2 Å². The maximum absolute atomic E-state index is 13.0. The SMILES string of the molecule is CC[C@H]1[C@H]2C=C[C@@H]3[C@@H](C[C@@H]4/C=C/C(=O)C5C(=O)N[C@H](CCCNC(=O)/C=C\C[C@H]34)C5=O)[C@@H]2C[C@H]1C. The third kappa shape index (κ3) is 4.45. The third-order valence-corrected chi connectivity index (χ3v) is 9.67. The van der Waals surface area contributed by atoms with E-state index in [1.165, 1.54) is 18.9 Å². The molecule has 2 saturated carbocycles. The number of hydrogen-bond donors (Lipinski definition) is 2. The molecule has 6 nitrogen and oxygen atoms in total. The van der Waals surface area contributed by atoms with Gasteiger partial charge in [0.2, 0.25) is 11.8 Å². The van der Waals surface area contributed by atoms with E-state index < -0.39 is 23.7 Å². The lowest BCUT2D eigenvalue weighted by Crippen LogP contribution is -2.31. The van der Waals surface area contributed by atoms with E-state index in [2.05, 4.69) is 36.6 Å². The van der Waals surface area contributed by atoms with Crippen molar-refractivity contribution in [2.45, 2.75) is 58.4 Å². The standard InChI is InChI=1S/C29H38N2O4/c1-3-18-16(2)14-22-20(18)10-11-21-19-6-4-8-26(33)30-13-5-7-24-28(34)27(29(35)31-24)25(32)12-9-17(19)15-23(21)22/h4,8-12,16-24,27H,3,5-7,13-15H2,1-2H3,(H,30,33)(H,31,35)/b8-4-,12-9+/t16-,17+,18-,19+,20-,21+,22-,23-,24-,27?/m1/s1. The number of fused-ring (bicyclic) bond motifs is 7. The smallest absolute Gasteiger partial charge is 0.243 e. The van der Waals surface area contributed by atoms with E-state index in [9.17, 15) is 19.2 Å². The Kier molecular flexibility index (Phi) is 6.82. The molecule has 188 valence electrons. The number of carbonyl (C=O) groups excluding carboxylic acids is 4. The fourth-order valence-corrected chi connectivity index (χ4v) is 8.05. The summed E-state index contributed by atoms with van der Waals surface area (Å²) in [6, 6.07) is -0.648. The molecule has 5 aliphatic rings. The van der Waals surface area contributed by atoms with E-state index in [1.807, 2.05) is 12.2 Å². The molecule has 10 atom stereocenters. The first-order chi connectivity index (χ1) is 16.9. The highest BCUT2D eigenvalue weighted by Gasteiger charge is 2.52. The summed E-state index contributed by atoms with van der Waals surface area (Å²) in [6.45, 7) is 5.12. The van der Waals surface area contributed by atoms with Crippen molar-refractivity contribution in [1.29, 1.82) is 0 Å². The highest BCUT2D eigenvalue weighted by molar-refractivity contribution is 6.26. The lowest BCUT2D eigenvalue weighted by atomic mass is 9.69. The van der Waals surface area contributed by atoms with Crippen LogP contribution in [0.1, 0.15) is 52.4 Å². The van der Waals surface area contributed by atoms with Gasteiger partial charge in [0.25, 0.3) is 0 Å². The first kappa shape index (κ1) is 24.2. The second-order valence-electron chi connectivity index (χ2n) is 11.4. The molecule has 35 heavy (non-hydrogen) atoms. The predicted molar refractivity (Wildman–Crippen MR) is 133 cm³/mol. The van der Waals surface area contributed by atoms with Gasteiger partial charge in [0.1, 0.15) is 0 Å². The van der Waals surface area contributed by atoms with E-state index in [4.69, 9.17) is 0 Å². The minimum atomic E-state index is -1.23. The minimum absolute atomic E-state index is 0.122. The summed E-state index contributed by atoms with van der Waals surface area (Å²) in [5.74, 6) is 1.69. The molecule has 1 unspecified atom stereocenters. The van der Waals surface area contributed by atoms with Crippen molar-refractivity contribution in [3.63, 3.8) is 0 Å². The number of allylic oxidation sites excluding steroid dienone is 5. The maximum Gasteiger partial charge on any atom is 0.243 e. The van der Waals surface area contributed by atoms with Crippen molar-refractivity contribution >= 4 is 23.4 Å². The fourth-order valence-electron chi connectivity index (χ4n) is 8.05. The summed E-state index contributed by atoms with van der Waals surface area (Å²) >= 11 is 0. The Labute approximate surface area is 208 Å². The average molecular weight is 479 g/mol. The van der Waals surface area contributed by atoms with Crippen LogP contribution < -0.4 is 10.6 Å². The lowest BCUT2D eigenvalue weighted by molar-refractivity contribution is -0.134. The molecule has 1 saturated heterocycles. The van der Waals surface area contributed by atoms with Crippen LogP contribution in [0, 0.1) is 53.3 Å². The number of nitrogens with one attached hydrogen (secondary N) is 2. The minimum Gasteiger partial charge on any atom is -0.353 e. The normalized spacial score (nSPS) is 45.3. The third-order valence-electron chi connectivity index (χ3n) is 9.67. The molecule has 2 aliphatic heterocycles. The van der Waals surface area contributed by atoms with E-state index >= 15 is 0 Å². The summed E-state index contributed by atoms with van der Waals surface area (Å²) < 4.78 is 0. The molecule has 0 aromatic rings. The van der Waals surface area contributed by atoms with Gasteiger partial charge in [-0.2, -0.15) is 0 Å². The van der Waals surface area contributed by atoms with Crippen molar-refractivity contribution in [1.82, 2.24) is 10.6 Å². The quantitative estimate of drug-likeness (QED) is 0.446. The monoisotopic (exact) mass is 478 g/mol. The van der Waals surface area contributed by atoms with Crippen molar-refractivity contribution in [2.24, 2.45) is 53.3 Å². The molecular formula is C29H38N2O4. The second kappa shape index (κ2) is 9.87. The van der Waals surface area contributed by atoms with Crippen LogP contribution in [-0.2, 0) is 19.2 Å². The summed E-state index contributed by atoms with van der Waals surface area (Å²) in [4.78, 5) is 50.5. The number of ketones is 2. The molecule has 0 radical (unpaired) electrons. The topological polar surface area (TPSA) is 92.3 Å². The van der Waals surface area contributed by atoms with Crippen LogP contribution in [-0.4, -0.2) is 36.0 Å². The van der Waals surface area contributed by atoms with Gasteiger partial charge >= 0.3 is 0 Å². The van der Waals surface area contributed by atoms with Crippen molar-refractivity contribution in [3.8, 4) is 0 Å². The number of carbonyl (C=O) groups is 4. The van der Waals surface area contributed by atoms with Crippen LogP contribution in [0.2, 0.25) is 0 Å². The molecule has 3 aliphatic carbocycles. The number of amides is 2. The average Bonchev–Trinajstić information content (AvgIpc) is 3.44. The van der Waals surface area contributed by atoms with Gasteiger partial charge in [0, 0.05) is 6.54 Å². The number of hydrogen-bond acceptors (Lipinski definition) is 4. The Hall–Kier alpha value is -2.50. The molecule has 5 rings (SSSR count). The van der Waals surface area contributed by atoms with E-state index in [0.29, 0.717) is 49.0 Å². The molecule has 0 aromatic heterocycles. The van der Waals surface area contributed by atoms with Gasteiger partial charge in [-0.3, -0.25) is 19.2 Å². The maximum atomic E-state index is 13.0. The number of rotatable bonds is 1. The second-order valence-corrected chi connectivity index (χ2v) is 11.4. The van der Waals surface area contributed by atoms with E-state index in [0.717, 1.165) is 24.7 Å². The largest absolute Gasteiger partial charge is 0.353 e. The molecule has 2 amide bonds. The summed E-state index contributed by atoms with van der Waals surface area (Å²) in [7, 11) is 0. The van der Waals surface area contributed by atoms with Crippen LogP contribution in [0.15, 0.2) is 36.5 Å². The Morgan fingerprint density at radius 3 is 2.51 bits per heavy atom. The van der Waals surface area contributed by atoms with Gasteiger partial charge in [-0.05, 0) is 91.6 Å². The van der Waals surface area contributed by atoms with Crippen molar-refractivity contribution in [3.05, 3.63) is 36.5 Å². The predicted octanol–water partition coefficient (Wildman–Crippen LogP) is 3.39. The van der Waals surface area contributed by atoms with E-state index in [-0.39, 0.29) is 17.6 Å². The zero-order chi connectivity index (χ0) is 24.7. The first-order valence-corrected chi connectivity index (χ1v) is 13.6. The molecular weight excluding hydrogens is 440 g/mol. The summed E-state index contributed by atoms with van der Waals surface area (Å²) in [5.41, 5.74) is 0. The van der Waals surface area contributed by atoms with Crippen LogP contribution in [0.25, 0.3) is 0 Å². The van der Waals surface area contributed by atoms with Gasteiger partial charge in [0.05, 0.1) is 6.04 Å². The Bertz CT molecular complexity index is 981. The molecule has 2 N–H and O–H groups in total. The van der Waals surface area contributed by atoms with Crippen molar-refractivity contribution in [2.75, 3.05) is 6.54 Å². The molecule has 2 bridgehead atoms. The Morgan fingerprint density at radius 2 is 1.71 bits per heavy atom. The zero-order valence-electron chi connectivity index (χ0n) is 20.8. The van der Waals surface area contributed by atoms with Gasteiger partial charge < -0.3 is 10.6 Å². The van der Waals surface area contributed by atoms with Crippen LogP contribution >= 0.6 is 0 Å². The van der Waals surface area contributed by atoms with Gasteiger partial charge in [0.15, 0.2) is 17.5 Å². The van der Waals surface area contributed by atoms with Gasteiger partial charge in [-0.1, -0.05) is 44.6 Å². The first-order valence-electron chi connectivity index (χ1n) is 13.6. The Balaban J connectivity index is 1.42. The zero-order valence-corrected chi connectivity index (χ0v) is 20.8. The highest BCUT2D eigenvalue weighted by Crippen LogP contribution is 2.59. The number of Topliss-reactive ketones (excluding diaryl/α,β-unsaturated/α-hetero) is 1.